The molecule has 8 heteroatoms. The monoisotopic (exact) mass is 464 g/mol. The first kappa shape index (κ1) is 22.4. The van der Waals surface area contributed by atoms with Crippen LogP contribution in [0, 0.1) is 6.92 Å². The molecule has 4 rings (SSSR count). The summed E-state index contributed by atoms with van der Waals surface area (Å²) in [5.41, 5.74) is 2.61. The molecular formula is C25H24N2O5S. The van der Waals surface area contributed by atoms with Crippen molar-refractivity contribution in [3.05, 3.63) is 83.9 Å². The summed E-state index contributed by atoms with van der Waals surface area (Å²) in [6.07, 6.45) is 0. The third-order valence-electron chi connectivity index (χ3n) is 5.10. The summed E-state index contributed by atoms with van der Waals surface area (Å²) in [7, 11) is -0.778. The predicted octanol–water partition coefficient (Wildman–Crippen LogP) is 5.11. The molecule has 0 spiro atoms. The molecule has 1 heterocycles. The first-order valence-corrected chi connectivity index (χ1v) is 11.7. The van der Waals surface area contributed by atoms with Crippen molar-refractivity contribution in [3.63, 3.8) is 0 Å². The van der Waals surface area contributed by atoms with Crippen molar-refractivity contribution in [1.29, 1.82) is 0 Å². The Balaban J connectivity index is 1.72. The first-order valence-electron chi connectivity index (χ1n) is 10.2. The number of anilines is 1. The molecule has 1 aromatic heterocycles. The topological polar surface area (TPSA) is 90.7 Å². The fourth-order valence-corrected chi connectivity index (χ4v) is 4.60. The zero-order valence-corrected chi connectivity index (χ0v) is 19.3. The van der Waals surface area contributed by atoms with E-state index in [1.165, 1.54) is 12.1 Å². The Morgan fingerprint density at radius 1 is 0.909 bits per heavy atom. The number of aromatic nitrogens is 1. The van der Waals surface area contributed by atoms with Crippen LogP contribution in [-0.2, 0) is 16.4 Å². The third kappa shape index (κ3) is 4.70. The van der Waals surface area contributed by atoms with Gasteiger partial charge in [-0.3, -0.25) is 0 Å². The van der Waals surface area contributed by atoms with Crippen LogP contribution < -0.4 is 14.8 Å². The molecule has 0 bridgehead atoms. The maximum atomic E-state index is 13.3. The molecule has 0 saturated heterocycles. The number of nitrogens with zero attached hydrogens (tertiary/aromatic N) is 1. The molecular weight excluding hydrogens is 440 g/mol. The van der Waals surface area contributed by atoms with Gasteiger partial charge in [0.2, 0.25) is 26.6 Å². The maximum Gasteiger partial charge on any atom is 0.234 e. The molecule has 0 fully saturated rings. The first-order chi connectivity index (χ1) is 15.9. The molecule has 0 aliphatic carbocycles. The largest absolute Gasteiger partial charge is 0.493 e. The second-order valence-corrected chi connectivity index (χ2v) is 9.24. The van der Waals surface area contributed by atoms with Crippen molar-refractivity contribution < 1.29 is 22.3 Å². The van der Waals surface area contributed by atoms with Crippen LogP contribution in [0.3, 0.4) is 0 Å². The molecule has 0 saturated carbocycles. The van der Waals surface area contributed by atoms with E-state index in [1.54, 1.807) is 38.5 Å². The fourth-order valence-electron chi connectivity index (χ4n) is 3.30. The third-order valence-corrected chi connectivity index (χ3v) is 6.78. The summed E-state index contributed by atoms with van der Waals surface area (Å²) < 4.78 is 43.2. The van der Waals surface area contributed by atoms with E-state index in [2.05, 4.69) is 10.3 Å². The highest BCUT2D eigenvalue weighted by molar-refractivity contribution is 7.91. The van der Waals surface area contributed by atoms with Crippen LogP contribution in [0.2, 0.25) is 0 Å². The molecule has 0 aliphatic heterocycles. The predicted molar refractivity (Wildman–Crippen MR) is 125 cm³/mol. The van der Waals surface area contributed by atoms with E-state index < -0.39 is 9.84 Å². The van der Waals surface area contributed by atoms with Crippen molar-refractivity contribution in [2.45, 2.75) is 23.4 Å². The van der Waals surface area contributed by atoms with Gasteiger partial charge >= 0.3 is 0 Å². The SMILES string of the molecule is COc1ccc(CNc2oc(-c3ccc(C)cc3)nc2S(=O)(=O)c2ccccc2)cc1OC. The lowest BCUT2D eigenvalue weighted by Crippen LogP contribution is -2.07. The molecule has 3 aromatic carbocycles. The Bertz CT molecular complexity index is 1350. The average Bonchev–Trinajstić information content (AvgIpc) is 3.28. The summed E-state index contributed by atoms with van der Waals surface area (Å²) in [4.78, 5) is 4.51. The number of benzene rings is 3. The van der Waals surface area contributed by atoms with Crippen LogP contribution in [0.5, 0.6) is 11.5 Å². The maximum absolute atomic E-state index is 13.3. The van der Waals surface area contributed by atoms with Crippen molar-refractivity contribution >= 4 is 15.7 Å². The number of aryl methyl sites for hydroxylation is 1. The van der Waals surface area contributed by atoms with Crippen molar-refractivity contribution in [3.8, 4) is 23.0 Å². The summed E-state index contributed by atoms with van der Waals surface area (Å²) >= 11 is 0. The van der Waals surface area contributed by atoms with Gasteiger partial charge in [0, 0.05) is 12.1 Å². The molecule has 0 aliphatic rings. The van der Waals surface area contributed by atoms with Crippen LogP contribution in [0.25, 0.3) is 11.5 Å². The summed E-state index contributed by atoms with van der Waals surface area (Å²) in [5.74, 6) is 1.48. The zero-order valence-electron chi connectivity index (χ0n) is 18.5. The minimum atomic E-state index is -3.90. The van der Waals surface area contributed by atoms with Crippen molar-refractivity contribution in [1.82, 2.24) is 4.98 Å². The zero-order chi connectivity index (χ0) is 23.4. The highest BCUT2D eigenvalue weighted by Crippen LogP contribution is 2.33. The number of hydrogen-bond donors (Lipinski definition) is 1. The number of ether oxygens (including phenoxy) is 2. The van der Waals surface area contributed by atoms with Crippen molar-refractivity contribution in [2.75, 3.05) is 19.5 Å². The van der Waals surface area contributed by atoms with Gasteiger partial charge in [0.1, 0.15) is 0 Å². The van der Waals surface area contributed by atoms with Gasteiger partial charge in [0.05, 0.1) is 19.1 Å². The Morgan fingerprint density at radius 2 is 1.61 bits per heavy atom. The molecule has 0 atom stereocenters. The van der Waals surface area contributed by atoms with Crippen LogP contribution >= 0.6 is 0 Å². The highest BCUT2D eigenvalue weighted by atomic mass is 32.2. The lowest BCUT2D eigenvalue weighted by atomic mass is 10.1. The van der Waals surface area contributed by atoms with Crippen LogP contribution in [0.4, 0.5) is 5.88 Å². The van der Waals surface area contributed by atoms with Gasteiger partial charge in [0.25, 0.3) is 0 Å². The van der Waals surface area contributed by atoms with Crippen LogP contribution in [-0.4, -0.2) is 27.6 Å². The van der Waals surface area contributed by atoms with Gasteiger partial charge in [0.15, 0.2) is 11.5 Å². The minimum absolute atomic E-state index is 0.0733. The Kier molecular flexibility index (Phi) is 6.37. The number of nitrogens with one attached hydrogen (secondary N) is 1. The quantitative estimate of drug-likeness (QED) is 0.387. The second kappa shape index (κ2) is 9.38. The number of hydrogen-bond acceptors (Lipinski definition) is 7. The van der Waals surface area contributed by atoms with Crippen molar-refractivity contribution in [2.24, 2.45) is 0 Å². The molecule has 0 radical (unpaired) electrons. The molecule has 33 heavy (non-hydrogen) atoms. The van der Waals surface area contributed by atoms with E-state index in [-0.39, 0.29) is 21.7 Å². The molecule has 170 valence electrons. The second-order valence-electron chi connectivity index (χ2n) is 7.38. The Labute approximate surface area is 192 Å². The number of methoxy groups -OCH3 is 2. The average molecular weight is 465 g/mol. The van der Waals surface area contributed by atoms with Crippen LogP contribution in [0.1, 0.15) is 11.1 Å². The normalized spacial score (nSPS) is 11.2. The lowest BCUT2D eigenvalue weighted by Gasteiger charge is -2.10. The standard InChI is InChI=1S/C25H24N2O5S/c1-17-9-12-19(13-10-17)23-27-25(33(28,29)20-7-5-4-6-8-20)24(32-23)26-16-18-11-14-21(30-2)22(15-18)31-3/h4-15,26H,16H2,1-3H3. The fraction of sp³-hybridized carbons (Fsp3) is 0.160. The highest BCUT2D eigenvalue weighted by Gasteiger charge is 2.28. The molecule has 1 N–H and O–H groups in total. The van der Waals surface area contributed by atoms with Gasteiger partial charge in [-0.05, 0) is 48.9 Å². The van der Waals surface area contributed by atoms with E-state index in [0.29, 0.717) is 23.6 Å². The van der Waals surface area contributed by atoms with Crippen LogP contribution in [0.15, 0.2) is 87.1 Å². The number of sulfone groups is 1. The van der Waals surface area contributed by atoms with E-state index >= 15 is 0 Å². The molecule has 7 nitrogen and oxygen atoms in total. The van der Waals surface area contributed by atoms with Gasteiger partial charge in [-0.25, -0.2) is 8.42 Å². The summed E-state index contributed by atoms with van der Waals surface area (Å²) in [6.45, 7) is 2.26. The summed E-state index contributed by atoms with van der Waals surface area (Å²) in [6, 6.07) is 21.2. The van der Waals surface area contributed by atoms with Gasteiger partial charge in [-0.2, -0.15) is 4.98 Å². The lowest BCUT2D eigenvalue weighted by molar-refractivity contribution is 0.354. The summed E-state index contributed by atoms with van der Waals surface area (Å²) in [5, 5.41) is 2.93. The Hall–Kier alpha value is -3.78. The van der Waals surface area contributed by atoms with Gasteiger partial charge in [-0.15, -0.1) is 0 Å². The van der Waals surface area contributed by atoms with E-state index in [1.807, 2.05) is 43.3 Å². The minimum Gasteiger partial charge on any atom is -0.493 e. The number of rotatable bonds is 8. The smallest absolute Gasteiger partial charge is 0.234 e. The molecule has 0 unspecified atom stereocenters. The van der Waals surface area contributed by atoms with E-state index in [9.17, 15) is 8.42 Å². The van der Waals surface area contributed by atoms with Gasteiger partial charge in [-0.1, -0.05) is 42.0 Å². The van der Waals surface area contributed by atoms with Gasteiger partial charge < -0.3 is 19.2 Å². The molecule has 4 aromatic rings. The Morgan fingerprint density at radius 3 is 2.27 bits per heavy atom. The van der Waals surface area contributed by atoms with E-state index in [0.717, 1.165) is 11.1 Å². The molecule has 0 amide bonds. The van der Waals surface area contributed by atoms with E-state index in [4.69, 9.17) is 13.9 Å². The number of oxazole rings is 1.